The maximum atomic E-state index is 12.9. The van der Waals surface area contributed by atoms with E-state index in [9.17, 15) is 26.4 Å². The van der Waals surface area contributed by atoms with Gasteiger partial charge in [-0.1, -0.05) is 24.3 Å². The number of hydrazine groups is 1. The molecule has 25 heavy (non-hydrogen) atoms. The normalized spacial score (nSPS) is 11.8. The largest absolute Gasteiger partial charge is 0.418 e. The third-order valence-electron chi connectivity index (χ3n) is 3.16. The highest BCUT2D eigenvalue weighted by Crippen LogP contribution is 2.34. The molecule has 0 radical (unpaired) electrons. The van der Waals surface area contributed by atoms with Crippen molar-refractivity contribution >= 4 is 21.4 Å². The zero-order chi connectivity index (χ0) is 18.7. The first kappa shape index (κ1) is 18.8. The van der Waals surface area contributed by atoms with Gasteiger partial charge in [0.2, 0.25) is 0 Å². The smallest absolute Gasteiger partial charge is 0.298 e. The predicted octanol–water partition coefficient (Wildman–Crippen LogP) is 3.01. The van der Waals surface area contributed by atoms with Gasteiger partial charge in [0.25, 0.3) is 5.91 Å². The molecular formula is C16H15F3N2O3S. The average molecular weight is 372 g/mol. The van der Waals surface area contributed by atoms with Crippen molar-refractivity contribution in [2.45, 2.75) is 11.9 Å². The molecule has 0 saturated carbocycles. The Balaban J connectivity index is 2.13. The highest BCUT2D eigenvalue weighted by atomic mass is 32.2. The fourth-order valence-corrected chi connectivity index (χ4v) is 2.93. The summed E-state index contributed by atoms with van der Waals surface area (Å²) in [5.41, 5.74) is 3.75. The first-order chi connectivity index (χ1) is 11.6. The highest BCUT2D eigenvalue weighted by Gasteiger charge is 2.33. The highest BCUT2D eigenvalue weighted by molar-refractivity contribution is 7.89. The molecule has 0 aromatic heterocycles. The quantitative estimate of drug-likeness (QED) is 0.792. The Bertz CT molecular complexity index is 880. The Kier molecular flexibility index (Phi) is 5.36. The second kappa shape index (κ2) is 7.14. The number of anilines is 1. The molecule has 0 fully saturated rings. The molecule has 2 N–H and O–H groups in total. The number of alkyl halides is 3. The van der Waals surface area contributed by atoms with Crippen molar-refractivity contribution in [2.24, 2.45) is 0 Å². The third-order valence-corrected chi connectivity index (χ3v) is 4.02. The molecular weight excluding hydrogens is 357 g/mol. The minimum atomic E-state index is -4.57. The van der Waals surface area contributed by atoms with Gasteiger partial charge in [-0.2, -0.15) is 13.2 Å². The van der Waals surface area contributed by atoms with Crippen molar-refractivity contribution in [3.8, 4) is 0 Å². The molecule has 5 nitrogen and oxygen atoms in total. The molecule has 0 unspecified atom stereocenters. The summed E-state index contributed by atoms with van der Waals surface area (Å²) in [6.07, 6.45) is -3.50. The lowest BCUT2D eigenvalue weighted by Crippen LogP contribution is -2.30. The number of hydrogen-bond donors (Lipinski definition) is 2. The molecule has 0 saturated heterocycles. The second-order valence-electron chi connectivity index (χ2n) is 5.39. The first-order valence-corrected chi connectivity index (χ1v) is 9.11. The molecule has 0 atom stereocenters. The third kappa shape index (κ3) is 5.49. The van der Waals surface area contributed by atoms with E-state index in [1.54, 1.807) is 6.07 Å². The van der Waals surface area contributed by atoms with Gasteiger partial charge in [-0.05, 0) is 29.8 Å². The van der Waals surface area contributed by atoms with E-state index in [-0.39, 0.29) is 17.0 Å². The van der Waals surface area contributed by atoms with Gasteiger partial charge in [-0.25, -0.2) is 8.42 Å². The van der Waals surface area contributed by atoms with Crippen LogP contribution in [0.25, 0.3) is 0 Å². The second-order valence-corrected chi connectivity index (χ2v) is 7.53. The summed E-state index contributed by atoms with van der Waals surface area (Å²) in [6, 6.07) is 10.6. The van der Waals surface area contributed by atoms with Crippen LogP contribution in [0.5, 0.6) is 0 Å². The monoisotopic (exact) mass is 372 g/mol. The van der Waals surface area contributed by atoms with Crippen LogP contribution in [0.15, 0.2) is 48.5 Å². The molecule has 2 aromatic rings. The lowest BCUT2D eigenvalue weighted by Gasteiger charge is -2.15. The topological polar surface area (TPSA) is 75.3 Å². The number of nitrogens with one attached hydrogen (secondary N) is 2. The Morgan fingerprint density at radius 1 is 1.08 bits per heavy atom. The van der Waals surface area contributed by atoms with E-state index in [0.717, 1.165) is 12.3 Å². The molecule has 0 spiro atoms. The molecule has 2 rings (SSSR count). The molecule has 134 valence electrons. The van der Waals surface area contributed by atoms with E-state index in [4.69, 9.17) is 0 Å². The van der Waals surface area contributed by atoms with Gasteiger partial charge in [0, 0.05) is 11.8 Å². The van der Waals surface area contributed by atoms with Crippen molar-refractivity contribution in [3.63, 3.8) is 0 Å². The lowest BCUT2D eigenvalue weighted by atomic mass is 10.1. The number of carbonyl (C=O) groups excluding carboxylic acids is 1. The van der Waals surface area contributed by atoms with Crippen LogP contribution in [-0.4, -0.2) is 20.6 Å². The van der Waals surface area contributed by atoms with Crippen LogP contribution >= 0.6 is 0 Å². The van der Waals surface area contributed by atoms with Crippen LogP contribution < -0.4 is 10.9 Å². The summed E-state index contributed by atoms with van der Waals surface area (Å²) in [7, 11) is -3.27. The molecule has 0 aliphatic carbocycles. The molecule has 0 heterocycles. The van der Waals surface area contributed by atoms with Gasteiger partial charge in [0.05, 0.1) is 17.0 Å². The number of para-hydroxylation sites is 1. The van der Waals surface area contributed by atoms with Crippen molar-refractivity contribution in [2.75, 3.05) is 11.7 Å². The first-order valence-electron chi connectivity index (χ1n) is 7.05. The van der Waals surface area contributed by atoms with E-state index < -0.39 is 27.5 Å². The fourth-order valence-electron chi connectivity index (χ4n) is 2.14. The molecule has 0 aliphatic rings. The summed E-state index contributed by atoms with van der Waals surface area (Å²) in [5, 5.41) is 0. The van der Waals surface area contributed by atoms with E-state index in [1.165, 1.54) is 36.4 Å². The predicted molar refractivity (Wildman–Crippen MR) is 87.5 cm³/mol. The molecule has 9 heteroatoms. The van der Waals surface area contributed by atoms with Crippen LogP contribution in [0.2, 0.25) is 0 Å². The van der Waals surface area contributed by atoms with Crippen LogP contribution in [-0.2, 0) is 21.8 Å². The van der Waals surface area contributed by atoms with Gasteiger partial charge in [-0.3, -0.25) is 15.6 Å². The fraction of sp³-hybridized carbons (Fsp3) is 0.188. The van der Waals surface area contributed by atoms with E-state index in [1.807, 2.05) is 0 Å². The van der Waals surface area contributed by atoms with Crippen molar-refractivity contribution in [1.82, 2.24) is 5.43 Å². The van der Waals surface area contributed by atoms with Crippen LogP contribution in [0.1, 0.15) is 21.5 Å². The summed E-state index contributed by atoms with van der Waals surface area (Å²) >= 11 is 0. The lowest BCUT2D eigenvalue weighted by molar-refractivity contribution is -0.137. The van der Waals surface area contributed by atoms with Gasteiger partial charge >= 0.3 is 6.18 Å². The van der Waals surface area contributed by atoms with Crippen LogP contribution in [0, 0.1) is 0 Å². The number of halogens is 3. The Hall–Kier alpha value is -2.55. The van der Waals surface area contributed by atoms with Gasteiger partial charge in [0.15, 0.2) is 9.84 Å². The summed E-state index contributed by atoms with van der Waals surface area (Å²) < 4.78 is 61.3. The number of carbonyl (C=O) groups is 1. The number of sulfone groups is 1. The zero-order valence-electron chi connectivity index (χ0n) is 13.1. The molecule has 2 aromatic carbocycles. The van der Waals surface area contributed by atoms with Crippen LogP contribution in [0.3, 0.4) is 0 Å². The minimum Gasteiger partial charge on any atom is -0.298 e. The standard InChI is InChI=1S/C16H15F3N2O3S/c1-25(23,24)10-11-5-4-6-12(9-11)15(22)21-20-14-8-3-2-7-13(14)16(17,18)19/h2-9,20H,10H2,1H3,(H,21,22). The number of amides is 1. The maximum Gasteiger partial charge on any atom is 0.418 e. The number of rotatable bonds is 5. The summed E-state index contributed by atoms with van der Waals surface area (Å²) in [5.74, 6) is -0.925. The Morgan fingerprint density at radius 2 is 1.76 bits per heavy atom. The van der Waals surface area contributed by atoms with E-state index >= 15 is 0 Å². The minimum absolute atomic E-state index is 0.123. The Morgan fingerprint density at radius 3 is 2.40 bits per heavy atom. The van der Waals surface area contributed by atoms with Gasteiger partial charge < -0.3 is 0 Å². The zero-order valence-corrected chi connectivity index (χ0v) is 13.9. The molecule has 0 bridgehead atoms. The summed E-state index contributed by atoms with van der Waals surface area (Å²) in [6.45, 7) is 0. The van der Waals surface area contributed by atoms with Crippen molar-refractivity contribution in [3.05, 3.63) is 65.2 Å². The van der Waals surface area contributed by atoms with Gasteiger partial charge in [-0.15, -0.1) is 0 Å². The van der Waals surface area contributed by atoms with E-state index in [2.05, 4.69) is 10.9 Å². The number of hydrogen-bond acceptors (Lipinski definition) is 4. The SMILES string of the molecule is CS(=O)(=O)Cc1cccc(C(=O)NNc2ccccc2C(F)(F)F)c1. The summed E-state index contributed by atoms with van der Waals surface area (Å²) in [4.78, 5) is 12.1. The van der Waals surface area contributed by atoms with E-state index in [0.29, 0.717) is 5.56 Å². The molecule has 1 amide bonds. The Labute approximate surface area is 142 Å². The van der Waals surface area contributed by atoms with Crippen molar-refractivity contribution < 1.29 is 26.4 Å². The average Bonchev–Trinajstić information content (AvgIpc) is 2.50. The van der Waals surface area contributed by atoms with Crippen LogP contribution in [0.4, 0.5) is 18.9 Å². The van der Waals surface area contributed by atoms with Crippen molar-refractivity contribution in [1.29, 1.82) is 0 Å². The number of benzene rings is 2. The molecule has 0 aliphatic heterocycles. The van der Waals surface area contributed by atoms with Gasteiger partial charge in [0.1, 0.15) is 0 Å². The maximum absolute atomic E-state index is 12.9.